The molecule has 0 aliphatic carbocycles. The van der Waals surface area contributed by atoms with Crippen molar-refractivity contribution in [3.63, 3.8) is 0 Å². The molecule has 30 heavy (non-hydrogen) atoms. The lowest BCUT2D eigenvalue weighted by molar-refractivity contribution is -0.134. The Hall–Kier alpha value is -3.22. The molecule has 0 bridgehead atoms. The van der Waals surface area contributed by atoms with E-state index in [1.54, 1.807) is 0 Å². The number of imide groups is 1. The van der Waals surface area contributed by atoms with Crippen LogP contribution in [0.15, 0.2) is 42.5 Å². The number of urea groups is 1. The first-order chi connectivity index (χ1) is 14.2. The predicted molar refractivity (Wildman–Crippen MR) is 112 cm³/mol. The van der Waals surface area contributed by atoms with Crippen molar-refractivity contribution in [3.8, 4) is 0 Å². The lowest BCUT2D eigenvalue weighted by Gasteiger charge is -2.27. The molecule has 0 unspecified atom stereocenters. The second-order valence-corrected chi connectivity index (χ2v) is 7.76. The fourth-order valence-electron chi connectivity index (χ4n) is 3.85. The maximum Gasteiger partial charge on any atom is 0.325 e. The minimum absolute atomic E-state index is 0.370. The summed E-state index contributed by atoms with van der Waals surface area (Å²) >= 11 is 0. The van der Waals surface area contributed by atoms with E-state index in [0.717, 1.165) is 22.4 Å². The zero-order valence-electron chi connectivity index (χ0n) is 17.4. The number of amides is 4. The van der Waals surface area contributed by atoms with E-state index in [4.69, 9.17) is 0 Å². The Kier molecular flexibility index (Phi) is 6.20. The number of carbonyl (C=O) groups is 3. The van der Waals surface area contributed by atoms with Gasteiger partial charge in [-0.2, -0.15) is 0 Å². The van der Waals surface area contributed by atoms with Gasteiger partial charge >= 0.3 is 6.03 Å². The molecule has 4 amide bonds. The first-order valence-corrected chi connectivity index (χ1v) is 10.0. The average Bonchev–Trinajstić information content (AvgIpc) is 2.91. The quantitative estimate of drug-likeness (QED) is 0.676. The van der Waals surface area contributed by atoms with Gasteiger partial charge in [-0.05, 0) is 61.2 Å². The topological polar surface area (TPSA) is 78.5 Å². The zero-order chi connectivity index (χ0) is 21.9. The normalized spacial score (nSPS) is 18.5. The van der Waals surface area contributed by atoms with Crippen LogP contribution in [0.25, 0.3) is 0 Å². The molecule has 0 radical (unpaired) electrons. The van der Waals surface area contributed by atoms with E-state index in [9.17, 15) is 18.8 Å². The van der Waals surface area contributed by atoms with Crippen LogP contribution in [0.1, 0.15) is 42.9 Å². The van der Waals surface area contributed by atoms with Crippen molar-refractivity contribution >= 4 is 23.5 Å². The van der Waals surface area contributed by atoms with Crippen LogP contribution in [-0.4, -0.2) is 29.3 Å². The smallest absolute Gasteiger partial charge is 0.325 e. The van der Waals surface area contributed by atoms with Crippen LogP contribution >= 0.6 is 0 Å². The first-order valence-electron chi connectivity index (χ1n) is 10.0. The molecule has 2 N–H and O–H groups in total. The fraction of sp³-hybridized carbons (Fsp3) is 0.348. The summed E-state index contributed by atoms with van der Waals surface area (Å²) in [6, 6.07) is 10.5. The molecule has 1 saturated heterocycles. The van der Waals surface area contributed by atoms with Crippen LogP contribution in [0.2, 0.25) is 0 Å². The number of nitrogens with one attached hydrogen (secondary N) is 2. The third kappa shape index (κ3) is 4.35. The number of aryl methyl sites for hydroxylation is 2. The van der Waals surface area contributed by atoms with Gasteiger partial charge in [-0.15, -0.1) is 0 Å². The molecule has 1 atom stereocenters. The van der Waals surface area contributed by atoms with Crippen molar-refractivity contribution < 1.29 is 18.8 Å². The summed E-state index contributed by atoms with van der Waals surface area (Å²) in [4.78, 5) is 39.4. The molecule has 1 fully saturated rings. The Bertz CT molecular complexity index is 954. The van der Waals surface area contributed by atoms with E-state index < -0.39 is 35.7 Å². The van der Waals surface area contributed by atoms with Gasteiger partial charge in [0, 0.05) is 5.69 Å². The Morgan fingerprint density at radius 2 is 1.73 bits per heavy atom. The molecule has 1 heterocycles. The largest absolute Gasteiger partial charge is 0.325 e. The van der Waals surface area contributed by atoms with Crippen molar-refractivity contribution in [2.24, 2.45) is 0 Å². The number of hydrogen-bond acceptors (Lipinski definition) is 3. The Balaban J connectivity index is 1.82. The van der Waals surface area contributed by atoms with Crippen LogP contribution in [0.4, 0.5) is 14.9 Å². The highest BCUT2D eigenvalue weighted by Gasteiger charge is 2.52. The first kappa shape index (κ1) is 21.5. The fourth-order valence-corrected chi connectivity index (χ4v) is 3.85. The van der Waals surface area contributed by atoms with Crippen molar-refractivity contribution in [1.29, 1.82) is 0 Å². The standard InChI is InChI=1S/C23H26FN3O3/c1-4-5-10-23(17-6-8-18(24)9-7-17)21(29)27(22(30)26-23)14-20(28)25-19-12-15(2)11-16(3)13-19/h6-9,11-13H,4-5,10,14H2,1-3H3,(H,25,28)(H,26,30)/t23-/m0/s1. The van der Waals surface area contributed by atoms with Gasteiger partial charge < -0.3 is 10.6 Å². The SMILES string of the molecule is CCCC[C@@]1(c2ccc(F)cc2)NC(=O)N(CC(=O)Nc2cc(C)cc(C)c2)C1=O. The van der Waals surface area contributed by atoms with Crippen LogP contribution < -0.4 is 10.6 Å². The van der Waals surface area contributed by atoms with E-state index in [2.05, 4.69) is 10.6 Å². The van der Waals surface area contributed by atoms with E-state index in [1.807, 2.05) is 39.0 Å². The Morgan fingerprint density at radius 3 is 2.33 bits per heavy atom. The maximum absolute atomic E-state index is 13.4. The summed E-state index contributed by atoms with van der Waals surface area (Å²) in [6.45, 7) is 5.43. The average molecular weight is 411 g/mol. The number of anilines is 1. The molecular formula is C23H26FN3O3. The molecule has 2 aromatic rings. The van der Waals surface area contributed by atoms with Crippen LogP contribution in [0.5, 0.6) is 0 Å². The number of rotatable bonds is 7. The molecule has 7 heteroatoms. The summed E-state index contributed by atoms with van der Waals surface area (Å²) < 4.78 is 13.4. The zero-order valence-corrected chi connectivity index (χ0v) is 17.4. The lowest BCUT2D eigenvalue weighted by atomic mass is 9.85. The third-order valence-corrected chi connectivity index (χ3v) is 5.23. The summed E-state index contributed by atoms with van der Waals surface area (Å²) in [7, 11) is 0. The van der Waals surface area contributed by atoms with Gasteiger partial charge in [0.25, 0.3) is 5.91 Å². The number of nitrogens with zero attached hydrogens (tertiary/aromatic N) is 1. The highest BCUT2D eigenvalue weighted by molar-refractivity contribution is 6.10. The predicted octanol–water partition coefficient (Wildman–Crippen LogP) is 4.02. The molecule has 1 aliphatic heterocycles. The minimum atomic E-state index is -1.29. The third-order valence-electron chi connectivity index (χ3n) is 5.23. The van der Waals surface area contributed by atoms with Crippen molar-refractivity contribution in [1.82, 2.24) is 10.2 Å². The summed E-state index contributed by atoms with van der Waals surface area (Å²) in [6.07, 6.45) is 1.88. The van der Waals surface area contributed by atoms with E-state index in [1.165, 1.54) is 24.3 Å². The Labute approximate surface area is 175 Å². The second-order valence-electron chi connectivity index (χ2n) is 7.76. The second kappa shape index (κ2) is 8.65. The molecule has 0 saturated carbocycles. The Morgan fingerprint density at radius 1 is 1.10 bits per heavy atom. The molecule has 0 aromatic heterocycles. The van der Waals surface area contributed by atoms with Crippen molar-refractivity contribution in [3.05, 3.63) is 65.0 Å². The molecule has 2 aromatic carbocycles. The molecule has 0 spiro atoms. The minimum Gasteiger partial charge on any atom is -0.325 e. The van der Waals surface area contributed by atoms with E-state index in [0.29, 0.717) is 24.1 Å². The number of unbranched alkanes of at least 4 members (excludes halogenated alkanes) is 1. The monoisotopic (exact) mass is 411 g/mol. The van der Waals surface area contributed by atoms with Gasteiger partial charge in [-0.3, -0.25) is 14.5 Å². The van der Waals surface area contributed by atoms with E-state index >= 15 is 0 Å². The number of carbonyl (C=O) groups excluding carboxylic acids is 3. The van der Waals surface area contributed by atoms with E-state index in [-0.39, 0.29) is 0 Å². The van der Waals surface area contributed by atoms with Crippen LogP contribution in [-0.2, 0) is 15.1 Å². The van der Waals surface area contributed by atoms with Crippen molar-refractivity contribution in [2.45, 2.75) is 45.6 Å². The summed E-state index contributed by atoms with van der Waals surface area (Å²) in [5, 5.41) is 5.51. The highest BCUT2D eigenvalue weighted by atomic mass is 19.1. The van der Waals surface area contributed by atoms with Crippen LogP contribution in [0.3, 0.4) is 0 Å². The van der Waals surface area contributed by atoms with Gasteiger partial charge in [-0.1, -0.05) is 38.0 Å². The lowest BCUT2D eigenvalue weighted by Crippen LogP contribution is -2.44. The number of benzene rings is 2. The summed E-state index contributed by atoms with van der Waals surface area (Å²) in [5.41, 5.74) is 1.82. The molecule has 1 aliphatic rings. The number of hydrogen-bond donors (Lipinski definition) is 2. The summed E-state index contributed by atoms with van der Waals surface area (Å²) in [5.74, 6) is -1.39. The van der Waals surface area contributed by atoms with Gasteiger partial charge in [-0.25, -0.2) is 9.18 Å². The van der Waals surface area contributed by atoms with Crippen LogP contribution in [0, 0.1) is 19.7 Å². The number of halogens is 1. The van der Waals surface area contributed by atoms with Crippen molar-refractivity contribution in [2.75, 3.05) is 11.9 Å². The van der Waals surface area contributed by atoms with Gasteiger partial charge in [0.15, 0.2) is 0 Å². The highest BCUT2D eigenvalue weighted by Crippen LogP contribution is 2.34. The van der Waals surface area contributed by atoms with Gasteiger partial charge in [0.05, 0.1) is 0 Å². The maximum atomic E-state index is 13.4. The molecule has 3 rings (SSSR count). The molecule has 6 nitrogen and oxygen atoms in total. The molecule has 158 valence electrons. The molecular weight excluding hydrogens is 385 g/mol. The van der Waals surface area contributed by atoms with Gasteiger partial charge in [0.1, 0.15) is 17.9 Å². The van der Waals surface area contributed by atoms with Gasteiger partial charge in [0.2, 0.25) is 5.91 Å².